The molecule has 0 bridgehead atoms. The molecule has 0 saturated heterocycles. The second kappa shape index (κ2) is 4.37. The maximum absolute atomic E-state index is 5.85. The first-order chi connectivity index (χ1) is 8.74. The molecule has 1 atom stereocenters. The Labute approximate surface area is 108 Å². The molecule has 0 aromatic heterocycles. The molecule has 1 aliphatic rings. The van der Waals surface area contributed by atoms with Gasteiger partial charge in [0.1, 0.15) is 11.9 Å². The first-order valence-electron chi connectivity index (χ1n) is 6.31. The lowest BCUT2D eigenvalue weighted by Gasteiger charge is -2.32. The summed E-state index contributed by atoms with van der Waals surface area (Å²) in [6.07, 6.45) is 0.255. The topological polar surface area (TPSA) is 12.5 Å². The van der Waals surface area contributed by atoms with Gasteiger partial charge in [0.15, 0.2) is 0 Å². The summed E-state index contributed by atoms with van der Waals surface area (Å²) in [4.78, 5) is 2.26. The molecule has 92 valence electrons. The minimum atomic E-state index is 0.255. The number of hydrogen-bond acceptors (Lipinski definition) is 2. The Kier molecular flexibility index (Phi) is 2.71. The third kappa shape index (κ3) is 1.94. The largest absolute Gasteiger partial charge is 0.487 e. The number of benzene rings is 2. The highest BCUT2D eigenvalue weighted by molar-refractivity contribution is 5.73. The van der Waals surface area contributed by atoms with E-state index in [2.05, 4.69) is 61.3 Å². The number of anilines is 1. The molecule has 0 aliphatic carbocycles. The number of fused-ring (bicyclic) bond motifs is 1. The molecule has 0 spiro atoms. The zero-order valence-corrected chi connectivity index (χ0v) is 10.8. The van der Waals surface area contributed by atoms with Gasteiger partial charge in [0.25, 0.3) is 0 Å². The van der Waals surface area contributed by atoms with Crippen LogP contribution in [0.2, 0.25) is 0 Å². The average Bonchev–Trinajstić information content (AvgIpc) is 2.39. The highest BCUT2D eigenvalue weighted by Crippen LogP contribution is 2.36. The van der Waals surface area contributed by atoms with Crippen molar-refractivity contribution in [3.63, 3.8) is 0 Å². The van der Waals surface area contributed by atoms with E-state index in [0.29, 0.717) is 0 Å². The Hall–Kier alpha value is -1.96. The maximum Gasteiger partial charge on any atom is 0.143 e. The van der Waals surface area contributed by atoms with Gasteiger partial charge in [-0.25, -0.2) is 0 Å². The number of likely N-dealkylation sites (N-methyl/N-ethyl adjacent to an activating group) is 1. The average molecular weight is 239 g/mol. The summed E-state index contributed by atoms with van der Waals surface area (Å²) in [7, 11) is 2.12. The fourth-order valence-corrected chi connectivity index (χ4v) is 2.46. The van der Waals surface area contributed by atoms with Crippen LogP contribution < -0.4 is 9.64 Å². The molecule has 1 heterocycles. The number of nitrogens with zero attached hydrogens (tertiary/aromatic N) is 1. The van der Waals surface area contributed by atoms with Crippen molar-refractivity contribution in [2.24, 2.45) is 0 Å². The predicted octanol–water partition coefficient (Wildman–Crippen LogP) is 3.57. The van der Waals surface area contributed by atoms with Crippen LogP contribution >= 0.6 is 0 Å². The highest BCUT2D eigenvalue weighted by atomic mass is 16.5. The van der Waals surface area contributed by atoms with E-state index in [4.69, 9.17) is 4.74 Å². The van der Waals surface area contributed by atoms with E-state index in [1.54, 1.807) is 0 Å². The zero-order valence-electron chi connectivity index (χ0n) is 10.8. The van der Waals surface area contributed by atoms with E-state index >= 15 is 0 Å². The van der Waals surface area contributed by atoms with Crippen LogP contribution in [0.1, 0.15) is 6.92 Å². The summed E-state index contributed by atoms with van der Waals surface area (Å²) < 4.78 is 5.85. The molecule has 2 aromatic rings. The van der Waals surface area contributed by atoms with Gasteiger partial charge in [0, 0.05) is 7.05 Å². The van der Waals surface area contributed by atoms with Crippen LogP contribution in [0.15, 0.2) is 48.5 Å². The van der Waals surface area contributed by atoms with Gasteiger partial charge in [0.05, 0.1) is 12.2 Å². The van der Waals surface area contributed by atoms with Crippen molar-refractivity contribution in [1.82, 2.24) is 0 Å². The third-order valence-corrected chi connectivity index (χ3v) is 3.34. The van der Waals surface area contributed by atoms with Crippen LogP contribution in [0.5, 0.6) is 5.75 Å². The van der Waals surface area contributed by atoms with Gasteiger partial charge in [-0.3, -0.25) is 0 Å². The summed E-state index contributed by atoms with van der Waals surface area (Å²) >= 11 is 0. The van der Waals surface area contributed by atoms with Gasteiger partial charge in [-0.05, 0) is 30.2 Å². The van der Waals surface area contributed by atoms with Gasteiger partial charge in [-0.2, -0.15) is 0 Å². The monoisotopic (exact) mass is 239 g/mol. The smallest absolute Gasteiger partial charge is 0.143 e. The van der Waals surface area contributed by atoms with Crippen LogP contribution in [-0.2, 0) is 0 Å². The van der Waals surface area contributed by atoms with E-state index < -0.39 is 0 Å². The fraction of sp³-hybridized carbons (Fsp3) is 0.250. The number of hydrogen-bond donors (Lipinski definition) is 0. The van der Waals surface area contributed by atoms with Crippen molar-refractivity contribution in [2.75, 3.05) is 18.5 Å². The molecule has 0 radical (unpaired) electrons. The Morgan fingerprint density at radius 2 is 1.83 bits per heavy atom. The lowest BCUT2D eigenvalue weighted by Crippen LogP contribution is -2.35. The quantitative estimate of drug-likeness (QED) is 0.754. The molecule has 3 rings (SSSR count). The first kappa shape index (κ1) is 11.1. The Morgan fingerprint density at radius 1 is 1.06 bits per heavy atom. The normalized spacial score (nSPS) is 18.1. The summed E-state index contributed by atoms with van der Waals surface area (Å²) in [5.41, 5.74) is 3.65. The van der Waals surface area contributed by atoms with Crippen LogP contribution in [0.25, 0.3) is 11.1 Å². The van der Waals surface area contributed by atoms with E-state index in [0.717, 1.165) is 12.3 Å². The van der Waals surface area contributed by atoms with Crippen molar-refractivity contribution in [3.8, 4) is 16.9 Å². The minimum Gasteiger partial charge on any atom is -0.487 e. The molecule has 2 heteroatoms. The van der Waals surface area contributed by atoms with Gasteiger partial charge in [0.2, 0.25) is 0 Å². The summed E-state index contributed by atoms with van der Waals surface area (Å²) in [5.74, 6) is 0.982. The van der Waals surface area contributed by atoms with E-state index in [1.165, 1.54) is 16.8 Å². The van der Waals surface area contributed by atoms with Gasteiger partial charge < -0.3 is 9.64 Å². The van der Waals surface area contributed by atoms with Crippen molar-refractivity contribution < 1.29 is 4.74 Å². The summed E-state index contributed by atoms with van der Waals surface area (Å²) in [5, 5.41) is 0. The molecular formula is C16H17NO. The van der Waals surface area contributed by atoms with E-state index in [9.17, 15) is 0 Å². The minimum absolute atomic E-state index is 0.255. The van der Waals surface area contributed by atoms with Crippen molar-refractivity contribution in [1.29, 1.82) is 0 Å². The van der Waals surface area contributed by atoms with Crippen molar-refractivity contribution >= 4 is 5.69 Å². The van der Waals surface area contributed by atoms with Gasteiger partial charge >= 0.3 is 0 Å². The SMILES string of the molecule is CC1CN(C)c2cc(-c3ccccc3)ccc2O1. The molecule has 0 amide bonds. The summed E-state index contributed by atoms with van der Waals surface area (Å²) in [6, 6.07) is 16.8. The highest BCUT2D eigenvalue weighted by Gasteiger charge is 2.20. The Bertz CT molecular complexity index is 550. The molecule has 2 nitrogen and oxygen atoms in total. The van der Waals surface area contributed by atoms with Crippen LogP contribution in [0.4, 0.5) is 5.69 Å². The Morgan fingerprint density at radius 3 is 2.61 bits per heavy atom. The van der Waals surface area contributed by atoms with Crippen LogP contribution in [0.3, 0.4) is 0 Å². The Balaban J connectivity index is 2.04. The van der Waals surface area contributed by atoms with Gasteiger partial charge in [-0.1, -0.05) is 36.4 Å². The summed E-state index contributed by atoms with van der Waals surface area (Å²) in [6.45, 7) is 3.04. The second-order valence-electron chi connectivity index (χ2n) is 4.86. The molecule has 1 unspecified atom stereocenters. The lowest BCUT2D eigenvalue weighted by molar-refractivity contribution is 0.215. The predicted molar refractivity (Wildman–Crippen MR) is 75.2 cm³/mol. The van der Waals surface area contributed by atoms with Gasteiger partial charge in [-0.15, -0.1) is 0 Å². The molecule has 2 aromatic carbocycles. The fourth-order valence-electron chi connectivity index (χ4n) is 2.46. The van der Waals surface area contributed by atoms with Crippen LogP contribution in [-0.4, -0.2) is 19.7 Å². The van der Waals surface area contributed by atoms with Crippen LogP contribution in [0, 0.1) is 0 Å². The molecule has 0 fully saturated rings. The van der Waals surface area contributed by atoms with Crippen molar-refractivity contribution in [3.05, 3.63) is 48.5 Å². The lowest BCUT2D eigenvalue weighted by atomic mass is 10.0. The van der Waals surface area contributed by atoms with E-state index in [1.807, 2.05) is 6.07 Å². The maximum atomic E-state index is 5.85. The number of rotatable bonds is 1. The van der Waals surface area contributed by atoms with Crippen molar-refractivity contribution in [2.45, 2.75) is 13.0 Å². The molecule has 18 heavy (non-hydrogen) atoms. The molecule has 0 saturated carbocycles. The molecule has 1 aliphatic heterocycles. The number of ether oxygens (including phenoxy) is 1. The first-order valence-corrected chi connectivity index (χ1v) is 6.31. The molecular weight excluding hydrogens is 222 g/mol. The standard InChI is InChI=1S/C16H17NO/c1-12-11-17(2)15-10-14(8-9-16(15)18-12)13-6-4-3-5-7-13/h3-10,12H,11H2,1-2H3. The third-order valence-electron chi connectivity index (χ3n) is 3.34. The molecule has 0 N–H and O–H groups in total. The zero-order chi connectivity index (χ0) is 12.5. The second-order valence-corrected chi connectivity index (χ2v) is 4.86. The van der Waals surface area contributed by atoms with E-state index in [-0.39, 0.29) is 6.10 Å².